The van der Waals surface area contributed by atoms with Gasteiger partial charge in [-0.05, 0) is 24.2 Å². The van der Waals surface area contributed by atoms with Gasteiger partial charge in [0, 0.05) is 13.5 Å². The van der Waals surface area contributed by atoms with Crippen LogP contribution in [0.4, 0.5) is 0 Å². The number of amides is 1. The van der Waals surface area contributed by atoms with E-state index >= 15 is 0 Å². The SMILES string of the molecule is CC(=O)NC[C@@H]1C[C@H]1/C=C\C(C)C. The number of hydrogen-bond donors (Lipinski definition) is 1. The molecule has 1 fully saturated rings. The van der Waals surface area contributed by atoms with Gasteiger partial charge in [-0.2, -0.15) is 0 Å². The number of carbonyl (C=O) groups is 1. The van der Waals surface area contributed by atoms with E-state index in [4.69, 9.17) is 0 Å². The van der Waals surface area contributed by atoms with Crippen LogP contribution in [0.25, 0.3) is 0 Å². The molecule has 0 unspecified atom stereocenters. The molecule has 1 amide bonds. The van der Waals surface area contributed by atoms with E-state index in [0.29, 0.717) is 17.8 Å². The first-order valence-electron chi connectivity index (χ1n) is 5.02. The minimum atomic E-state index is 0.0819. The maximum absolute atomic E-state index is 10.6. The van der Waals surface area contributed by atoms with E-state index < -0.39 is 0 Å². The normalized spacial score (nSPS) is 26.8. The molecule has 2 heteroatoms. The van der Waals surface area contributed by atoms with Crippen LogP contribution >= 0.6 is 0 Å². The fourth-order valence-corrected chi connectivity index (χ4v) is 1.38. The predicted molar refractivity (Wildman–Crippen MR) is 54.3 cm³/mol. The first-order valence-corrected chi connectivity index (χ1v) is 5.02. The third kappa shape index (κ3) is 4.11. The summed E-state index contributed by atoms with van der Waals surface area (Å²) in [4.78, 5) is 10.6. The molecule has 0 aromatic carbocycles. The van der Waals surface area contributed by atoms with E-state index in [1.165, 1.54) is 6.42 Å². The van der Waals surface area contributed by atoms with E-state index in [1.54, 1.807) is 6.92 Å². The predicted octanol–water partition coefficient (Wildman–Crippen LogP) is 1.97. The van der Waals surface area contributed by atoms with Crippen molar-refractivity contribution in [3.05, 3.63) is 12.2 Å². The molecular weight excluding hydrogens is 162 g/mol. The average Bonchev–Trinajstić information content (AvgIpc) is 2.76. The maximum atomic E-state index is 10.6. The Hall–Kier alpha value is -0.790. The Morgan fingerprint density at radius 3 is 2.85 bits per heavy atom. The van der Waals surface area contributed by atoms with Crippen molar-refractivity contribution in [3.63, 3.8) is 0 Å². The third-order valence-electron chi connectivity index (χ3n) is 2.33. The lowest BCUT2D eigenvalue weighted by molar-refractivity contribution is -0.119. The summed E-state index contributed by atoms with van der Waals surface area (Å²) in [5.74, 6) is 2.13. The smallest absolute Gasteiger partial charge is 0.216 e. The van der Waals surface area contributed by atoms with Gasteiger partial charge < -0.3 is 5.32 Å². The van der Waals surface area contributed by atoms with Crippen LogP contribution in [0.15, 0.2) is 12.2 Å². The minimum absolute atomic E-state index is 0.0819. The Balaban J connectivity index is 2.12. The molecule has 0 bridgehead atoms. The zero-order valence-electron chi connectivity index (χ0n) is 8.71. The summed E-state index contributed by atoms with van der Waals surface area (Å²) in [5.41, 5.74) is 0. The second kappa shape index (κ2) is 4.45. The lowest BCUT2D eigenvalue weighted by atomic mass is 10.2. The van der Waals surface area contributed by atoms with Crippen molar-refractivity contribution in [1.82, 2.24) is 5.32 Å². The zero-order valence-corrected chi connectivity index (χ0v) is 8.71. The third-order valence-corrected chi connectivity index (χ3v) is 2.33. The van der Waals surface area contributed by atoms with Gasteiger partial charge in [0.25, 0.3) is 0 Å². The molecule has 1 aliphatic carbocycles. The van der Waals surface area contributed by atoms with Crippen LogP contribution in [0.1, 0.15) is 27.2 Å². The lowest BCUT2D eigenvalue weighted by Gasteiger charge is -1.98. The van der Waals surface area contributed by atoms with Gasteiger partial charge in [0.15, 0.2) is 0 Å². The van der Waals surface area contributed by atoms with E-state index in [-0.39, 0.29) is 5.91 Å². The average molecular weight is 181 g/mol. The Labute approximate surface area is 80.4 Å². The monoisotopic (exact) mass is 181 g/mol. The molecule has 0 saturated heterocycles. The molecule has 1 aliphatic rings. The van der Waals surface area contributed by atoms with Gasteiger partial charge in [0.2, 0.25) is 5.91 Å². The van der Waals surface area contributed by atoms with Crippen LogP contribution < -0.4 is 5.32 Å². The first kappa shape index (κ1) is 10.3. The number of allylic oxidation sites excluding steroid dienone is 2. The van der Waals surface area contributed by atoms with Crippen molar-refractivity contribution in [2.24, 2.45) is 17.8 Å². The highest BCUT2D eigenvalue weighted by Gasteiger charge is 2.34. The second-order valence-corrected chi connectivity index (χ2v) is 4.23. The quantitative estimate of drug-likeness (QED) is 0.660. The highest BCUT2D eigenvalue weighted by Crippen LogP contribution is 2.39. The van der Waals surface area contributed by atoms with E-state index in [0.717, 1.165) is 6.54 Å². The van der Waals surface area contributed by atoms with Crippen LogP contribution in [0.2, 0.25) is 0 Å². The molecule has 0 radical (unpaired) electrons. The van der Waals surface area contributed by atoms with Crippen molar-refractivity contribution in [2.45, 2.75) is 27.2 Å². The molecule has 1 rings (SSSR count). The molecule has 0 aliphatic heterocycles. The van der Waals surface area contributed by atoms with Gasteiger partial charge in [-0.1, -0.05) is 26.0 Å². The lowest BCUT2D eigenvalue weighted by Crippen LogP contribution is -2.22. The van der Waals surface area contributed by atoms with Gasteiger partial charge >= 0.3 is 0 Å². The van der Waals surface area contributed by atoms with Gasteiger partial charge in [-0.3, -0.25) is 4.79 Å². The first-order chi connectivity index (χ1) is 6.09. The van der Waals surface area contributed by atoms with Crippen molar-refractivity contribution in [2.75, 3.05) is 6.54 Å². The Morgan fingerprint density at radius 1 is 1.62 bits per heavy atom. The Bertz CT molecular complexity index is 208. The summed E-state index contributed by atoms with van der Waals surface area (Å²) in [6.45, 7) is 6.78. The van der Waals surface area contributed by atoms with Crippen LogP contribution in [-0.4, -0.2) is 12.5 Å². The number of carbonyl (C=O) groups excluding carboxylic acids is 1. The topological polar surface area (TPSA) is 29.1 Å². The van der Waals surface area contributed by atoms with Crippen molar-refractivity contribution in [3.8, 4) is 0 Å². The van der Waals surface area contributed by atoms with Crippen LogP contribution in [0.3, 0.4) is 0 Å². The van der Waals surface area contributed by atoms with Crippen molar-refractivity contribution >= 4 is 5.91 Å². The summed E-state index contributed by atoms with van der Waals surface area (Å²) in [6, 6.07) is 0. The summed E-state index contributed by atoms with van der Waals surface area (Å²) in [6.07, 6.45) is 5.78. The molecule has 0 aromatic rings. The fraction of sp³-hybridized carbons (Fsp3) is 0.727. The van der Waals surface area contributed by atoms with E-state index in [1.807, 2.05) is 0 Å². The largest absolute Gasteiger partial charge is 0.356 e. The van der Waals surface area contributed by atoms with Crippen LogP contribution in [-0.2, 0) is 4.79 Å². The van der Waals surface area contributed by atoms with Gasteiger partial charge in [0.1, 0.15) is 0 Å². The standard InChI is InChI=1S/C11H19NO/c1-8(2)4-5-10-6-11(10)7-12-9(3)13/h4-5,8,10-11H,6-7H2,1-3H3,(H,12,13)/b5-4-/t10-,11+/m1/s1. The molecule has 0 spiro atoms. The van der Waals surface area contributed by atoms with E-state index in [2.05, 4.69) is 31.3 Å². The second-order valence-electron chi connectivity index (χ2n) is 4.23. The van der Waals surface area contributed by atoms with E-state index in [9.17, 15) is 4.79 Å². The summed E-state index contributed by atoms with van der Waals surface area (Å²) >= 11 is 0. The summed E-state index contributed by atoms with van der Waals surface area (Å²) in [7, 11) is 0. The molecule has 74 valence electrons. The summed E-state index contributed by atoms with van der Waals surface area (Å²) < 4.78 is 0. The number of hydrogen-bond acceptors (Lipinski definition) is 1. The highest BCUT2D eigenvalue weighted by molar-refractivity contribution is 5.72. The minimum Gasteiger partial charge on any atom is -0.356 e. The molecule has 2 atom stereocenters. The van der Waals surface area contributed by atoms with Crippen LogP contribution in [0, 0.1) is 17.8 Å². The Morgan fingerprint density at radius 2 is 2.31 bits per heavy atom. The highest BCUT2D eigenvalue weighted by atomic mass is 16.1. The molecule has 2 nitrogen and oxygen atoms in total. The van der Waals surface area contributed by atoms with Gasteiger partial charge in [0.05, 0.1) is 0 Å². The number of rotatable bonds is 4. The van der Waals surface area contributed by atoms with Crippen LogP contribution in [0.5, 0.6) is 0 Å². The maximum Gasteiger partial charge on any atom is 0.216 e. The number of nitrogens with one attached hydrogen (secondary N) is 1. The van der Waals surface area contributed by atoms with Gasteiger partial charge in [-0.25, -0.2) is 0 Å². The van der Waals surface area contributed by atoms with Crippen molar-refractivity contribution in [1.29, 1.82) is 0 Å². The molecule has 0 aromatic heterocycles. The molecule has 1 saturated carbocycles. The zero-order chi connectivity index (χ0) is 9.84. The molecular formula is C11H19NO. The molecule has 0 heterocycles. The fourth-order valence-electron chi connectivity index (χ4n) is 1.38. The molecule has 1 N–H and O–H groups in total. The summed E-state index contributed by atoms with van der Waals surface area (Å²) in [5, 5.41) is 2.85. The van der Waals surface area contributed by atoms with Gasteiger partial charge in [-0.15, -0.1) is 0 Å². The Kier molecular flexibility index (Phi) is 3.52. The van der Waals surface area contributed by atoms with Crippen molar-refractivity contribution < 1.29 is 4.79 Å². The molecule has 13 heavy (non-hydrogen) atoms.